The average Bonchev–Trinajstić information content (AvgIpc) is 3.25. The number of hydrogen-bond acceptors (Lipinski definition) is 3. The van der Waals surface area contributed by atoms with E-state index in [9.17, 15) is 9.18 Å². The summed E-state index contributed by atoms with van der Waals surface area (Å²) in [5.74, 6) is -0.265. The third-order valence-electron chi connectivity index (χ3n) is 5.27. The second-order valence-corrected chi connectivity index (χ2v) is 6.74. The lowest BCUT2D eigenvalue weighted by Crippen LogP contribution is -2.41. The molecule has 1 saturated heterocycles. The van der Waals surface area contributed by atoms with Gasteiger partial charge in [-0.1, -0.05) is 0 Å². The van der Waals surface area contributed by atoms with Crippen LogP contribution in [0.15, 0.2) is 24.3 Å². The van der Waals surface area contributed by atoms with Crippen molar-refractivity contribution in [1.82, 2.24) is 14.7 Å². The first-order chi connectivity index (χ1) is 12.2. The molecule has 0 saturated carbocycles. The van der Waals surface area contributed by atoms with E-state index >= 15 is 0 Å². The largest absolute Gasteiger partial charge is 0.381 e. The molecule has 5 nitrogen and oxygen atoms in total. The van der Waals surface area contributed by atoms with Crippen LogP contribution >= 0.6 is 0 Å². The molecular formula is C19H22FN3O2. The first-order valence-corrected chi connectivity index (χ1v) is 8.86. The van der Waals surface area contributed by atoms with Gasteiger partial charge in [-0.15, -0.1) is 0 Å². The zero-order chi connectivity index (χ0) is 17.4. The van der Waals surface area contributed by atoms with Gasteiger partial charge in [0, 0.05) is 31.5 Å². The van der Waals surface area contributed by atoms with Crippen molar-refractivity contribution in [3.63, 3.8) is 0 Å². The molecule has 6 heteroatoms. The van der Waals surface area contributed by atoms with E-state index in [0.717, 1.165) is 49.0 Å². The Morgan fingerprint density at radius 2 is 1.92 bits per heavy atom. The summed E-state index contributed by atoms with van der Waals surface area (Å²) in [5, 5.41) is 4.62. The van der Waals surface area contributed by atoms with Crippen LogP contribution < -0.4 is 0 Å². The Hall–Kier alpha value is -2.21. The van der Waals surface area contributed by atoms with Gasteiger partial charge in [-0.25, -0.2) is 9.07 Å². The van der Waals surface area contributed by atoms with Gasteiger partial charge in [0.05, 0.1) is 11.8 Å². The van der Waals surface area contributed by atoms with Crippen molar-refractivity contribution < 1.29 is 13.9 Å². The smallest absolute Gasteiger partial charge is 0.274 e. The summed E-state index contributed by atoms with van der Waals surface area (Å²) in [7, 11) is 1.72. The number of fused-ring (bicyclic) bond motifs is 1. The van der Waals surface area contributed by atoms with Gasteiger partial charge in [0.15, 0.2) is 5.69 Å². The molecule has 2 aliphatic rings. The van der Waals surface area contributed by atoms with Gasteiger partial charge in [0.25, 0.3) is 5.91 Å². The minimum absolute atomic E-state index is 0.00793. The van der Waals surface area contributed by atoms with Crippen LogP contribution in [0.5, 0.6) is 0 Å². The van der Waals surface area contributed by atoms with Gasteiger partial charge in [0.1, 0.15) is 5.82 Å². The van der Waals surface area contributed by atoms with Gasteiger partial charge in [-0.3, -0.25) is 4.79 Å². The number of halogens is 1. The van der Waals surface area contributed by atoms with Gasteiger partial charge >= 0.3 is 0 Å². The first-order valence-electron chi connectivity index (χ1n) is 8.86. The molecule has 0 radical (unpaired) electrons. The van der Waals surface area contributed by atoms with E-state index in [0.29, 0.717) is 18.8 Å². The van der Waals surface area contributed by atoms with Crippen molar-refractivity contribution in [1.29, 1.82) is 0 Å². The molecule has 0 atom stereocenters. The molecule has 1 amide bonds. The summed E-state index contributed by atoms with van der Waals surface area (Å²) in [6, 6.07) is 6.27. The molecule has 0 spiro atoms. The number of benzene rings is 1. The maximum absolute atomic E-state index is 13.2. The lowest BCUT2D eigenvalue weighted by molar-refractivity contribution is 0.0347. The number of aromatic nitrogens is 2. The zero-order valence-corrected chi connectivity index (χ0v) is 14.4. The number of carbonyl (C=O) groups is 1. The van der Waals surface area contributed by atoms with Gasteiger partial charge in [0.2, 0.25) is 0 Å². The topological polar surface area (TPSA) is 47.4 Å². The molecule has 132 valence electrons. The highest BCUT2D eigenvalue weighted by atomic mass is 19.1. The number of nitrogens with zero attached hydrogens (tertiary/aromatic N) is 3. The van der Waals surface area contributed by atoms with Crippen LogP contribution in [0.2, 0.25) is 0 Å². The third kappa shape index (κ3) is 2.95. The third-order valence-corrected chi connectivity index (χ3v) is 5.27. The number of carbonyl (C=O) groups excluding carboxylic acids is 1. The molecule has 0 bridgehead atoms. The predicted molar refractivity (Wildman–Crippen MR) is 91.5 cm³/mol. The maximum atomic E-state index is 13.2. The van der Waals surface area contributed by atoms with Crippen LogP contribution in [0, 0.1) is 5.82 Å². The molecule has 2 heterocycles. The molecule has 1 aliphatic heterocycles. The Labute approximate surface area is 146 Å². The Morgan fingerprint density at radius 3 is 2.60 bits per heavy atom. The second kappa shape index (κ2) is 6.59. The fourth-order valence-electron chi connectivity index (χ4n) is 3.85. The Morgan fingerprint density at radius 1 is 1.20 bits per heavy atom. The van der Waals surface area contributed by atoms with E-state index < -0.39 is 0 Å². The van der Waals surface area contributed by atoms with Crippen molar-refractivity contribution in [2.75, 3.05) is 20.2 Å². The lowest BCUT2D eigenvalue weighted by atomic mass is 10.1. The summed E-state index contributed by atoms with van der Waals surface area (Å²) >= 11 is 0. The van der Waals surface area contributed by atoms with Gasteiger partial charge in [-0.05, 0) is 56.4 Å². The first kappa shape index (κ1) is 16.3. The average molecular weight is 343 g/mol. The van der Waals surface area contributed by atoms with Crippen LogP contribution in [-0.4, -0.2) is 46.9 Å². The number of amides is 1. The van der Waals surface area contributed by atoms with Gasteiger partial charge < -0.3 is 9.64 Å². The number of hydrogen-bond donors (Lipinski definition) is 0. The van der Waals surface area contributed by atoms with Crippen molar-refractivity contribution >= 4 is 5.91 Å². The summed E-state index contributed by atoms with van der Waals surface area (Å²) in [5.41, 5.74) is 3.51. The quantitative estimate of drug-likeness (QED) is 0.861. The SMILES string of the molecule is COC1CCN(C(=O)c2nn(-c3ccc(F)cc3)c3c2CCC3)CC1. The Balaban J connectivity index is 1.63. The lowest BCUT2D eigenvalue weighted by Gasteiger charge is -2.30. The molecular weight excluding hydrogens is 321 g/mol. The Bertz CT molecular complexity index is 777. The van der Waals surface area contributed by atoms with E-state index in [2.05, 4.69) is 5.10 Å². The number of methoxy groups -OCH3 is 1. The summed E-state index contributed by atoms with van der Waals surface area (Å²) < 4.78 is 20.4. The summed E-state index contributed by atoms with van der Waals surface area (Å²) in [6.45, 7) is 1.41. The molecule has 0 unspecified atom stereocenters. The number of ether oxygens (including phenoxy) is 1. The van der Waals surface area contributed by atoms with Crippen LogP contribution in [-0.2, 0) is 17.6 Å². The number of likely N-dealkylation sites (tertiary alicyclic amines) is 1. The summed E-state index contributed by atoms with van der Waals surface area (Å²) in [6.07, 6.45) is 4.78. The van der Waals surface area contributed by atoms with E-state index in [1.807, 2.05) is 9.58 Å². The molecule has 4 rings (SSSR count). The highest BCUT2D eigenvalue weighted by molar-refractivity contribution is 5.94. The highest BCUT2D eigenvalue weighted by Crippen LogP contribution is 2.29. The molecule has 25 heavy (non-hydrogen) atoms. The zero-order valence-electron chi connectivity index (χ0n) is 14.4. The van der Waals surface area contributed by atoms with Crippen molar-refractivity contribution in [2.45, 2.75) is 38.2 Å². The number of piperidine rings is 1. The minimum atomic E-state index is -0.273. The van der Waals surface area contributed by atoms with Crippen LogP contribution in [0.4, 0.5) is 4.39 Å². The molecule has 1 fully saturated rings. The van der Waals surface area contributed by atoms with Crippen molar-refractivity contribution in [3.05, 3.63) is 47.0 Å². The standard InChI is InChI=1S/C19H22FN3O2/c1-25-15-9-11-22(12-10-15)19(24)18-16-3-2-4-17(16)23(21-18)14-7-5-13(20)6-8-14/h5-8,15H,2-4,9-12H2,1H3. The minimum Gasteiger partial charge on any atom is -0.381 e. The van der Waals surface area contributed by atoms with E-state index in [-0.39, 0.29) is 17.8 Å². The normalized spacial score (nSPS) is 17.8. The molecule has 1 aromatic heterocycles. The van der Waals surface area contributed by atoms with E-state index in [4.69, 9.17) is 4.74 Å². The molecule has 2 aromatic rings. The van der Waals surface area contributed by atoms with Gasteiger partial charge in [-0.2, -0.15) is 5.10 Å². The Kier molecular flexibility index (Phi) is 4.29. The number of rotatable bonds is 3. The maximum Gasteiger partial charge on any atom is 0.274 e. The second-order valence-electron chi connectivity index (χ2n) is 6.74. The summed E-state index contributed by atoms with van der Waals surface area (Å²) in [4.78, 5) is 14.9. The van der Waals surface area contributed by atoms with Crippen LogP contribution in [0.1, 0.15) is 41.0 Å². The van der Waals surface area contributed by atoms with E-state index in [1.165, 1.54) is 12.1 Å². The van der Waals surface area contributed by atoms with Crippen LogP contribution in [0.3, 0.4) is 0 Å². The van der Waals surface area contributed by atoms with Crippen LogP contribution in [0.25, 0.3) is 5.69 Å². The van der Waals surface area contributed by atoms with Crippen molar-refractivity contribution in [3.8, 4) is 5.69 Å². The molecule has 0 N–H and O–H groups in total. The highest BCUT2D eigenvalue weighted by Gasteiger charge is 2.31. The molecule has 1 aromatic carbocycles. The van der Waals surface area contributed by atoms with Crippen molar-refractivity contribution in [2.24, 2.45) is 0 Å². The van der Waals surface area contributed by atoms with E-state index in [1.54, 1.807) is 19.2 Å². The predicted octanol–water partition coefficient (Wildman–Crippen LogP) is 2.75. The fraction of sp³-hybridized carbons (Fsp3) is 0.474. The molecule has 1 aliphatic carbocycles. The fourth-order valence-corrected chi connectivity index (χ4v) is 3.85. The monoisotopic (exact) mass is 343 g/mol.